The van der Waals surface area contributed by atoms with Gasteiger partial charge in [-0.1, -0.05) is 0 Å². The number of aliphatic carboxylic acids is 1. The van der Waals surface area contributed by atoms with Crippen LogP contribution in [0.15, 0.2) is 0 Å². The highest BCUT2D eigenvalue weighted by Crippen LogP contribution is 2.24. The van der Waals surface area contributed by atoms with Crippen molar-refractivity contribution in [1.82, 2.24) is 9.80 Å². The zero-order valence-corrected chi connectivity index (χ0v) is 11.3. The maximum atomic E-state index is 12.4. The van der Waals surface area contributed by atoms with Crippen molar-refractivity contribution in [2.45, 2.75) is 50.7 Å². The standard InChI is InChI=1S/C13H22N2O4/c1-13(19)5-8-14(9-6-13)12(18)15-7-3-2-4-10(15)11(16)17/h10,19H,2-9H2,1H3,(H,16,17). The van der Waals surface area contributed by atoms with Crippen LogP contribution in [0.4, 0.5) is 4.79 Å². The van der Waals surface area contributed by atoms with Crippen molar-refractivity contribution < 1.29 is 19.8 Å². The number of rotatable bonds is 1. The van der Waals surface area contributed by atoms with E-state index in [0.717, 1.165) is 12.8 Å². The molecule has 2 rings (SSSR count). The Hall–Kier alpha value is -1.30. The molecule has 0 aliphatic carbocycles. The van der Waals surface area contributed by atoms with Crippen molar-refractivity contribution in [1.29, 1.82) is 0 Å². The van der Waals surface area contributed by atoms with Gasteiger partial charge in [0, 0.05) is 19.6 Å². The molecule has 1 unspecified atom stereocenters. The lowest BCUT2D eigenvalue weighted by Gasteiger charge is -2.41. The van der Waals surface area contributed by atoms with Gasteiger partial charge in [-0.15, -0.1) is 0 Å². The first kappa shape index (κ1) is 14.1. The molecule has 0 aromatic rings. The molecule has 6 heteroatoms. The Kier molecular flexibility index (Phi) is 3.99. The SMILES string of the molecule is CC1(O)CCN(C(=O)N2CCCCC2C(=O)O)CC1. The fourth-order valence-electron chi connectivity index (χ4n) is 2.78. The van der Waals surface area contributed by atoms with Gasteiger partial charge in [0.25, 0.3) is 0 Å². The van der Waals surface area contributed by atoms with Crippen molar-refractivity contribution in [2.24, 2.45) is 0 Å². The average molecular weight is 270 g/mol. The number of amides is 2. The lowest BCUT2D eigenvalue weighted by molar-refractivity contribution is -0.143. The fourth-order valence-corrected chi connectivity index (χ4v) is 2.78. The first-order valence-corrected chi connectivity index (χ1v) is 6.91. The molecule has 2 aliphatic rings. The number of carboxylic acid groups (broad SMARTS) is 1. The van der Waals surface area contributed by atoms with Crippen molar-refractivity contribution in [3.8, 4) is 0 Å². The van der Waals surface area contributed by atoms with Gasteiger partial charge < -0.3 is 20.0 Å². The number of hydrogen-bond acceptors (Lipinski definition) is 3. The Balaban J connectivity index is 2.00. The summed E-state index contributed by atoms with van der Waals surface area (Å²) in [4.78, 5) is 26.7. The summed E-state index contributed by atoms with van der Waals surface area (Å²) in [5.74, 6) is -0.919. The molecule has 2 saturated heterocycles. The van der Waals surface area contributed by atoms with Gasteiger partial charge in [0.2, 0.25) is 0 Å². The molecule has 6 nitrogen and oxygen atoms in total. The molecule has 2 amide bonds. The fraction of sp³-hybridized carbons (Fsp3) is 0.846. The van der Waals surface area contributed by atoms with Crippen LogP contribution >= 0.6 is 0 Å². The number of nitrogens with zero attached hydrogens (tertiary/aromatic N) is 2. The van der Waals surface area contributed by atoms with E-state index in [4.69, 9.17) is 0 Å². The molecule has 1 atom stereocenters. The van der Waals surface area contributed by atoms with Gasteiger partial charge in [0.1, 0.15) is 6.04 Å². The molecule has 2 aliphatic heterocycles. The van der Waals surface area contributed by atoms with E-state index in [1.54, 1.807) is 11.8 Å². The maximum Gasteiger partial charge on any atom is 0.326 e. The number of piperidine rings is 2. The highest BCUT2D eigenvalue weighted by molar-refractivity contribution is 5.83. The van der Waals surface area contributed by atoms with Crippen molar-refractivity contribution in [3.63, 3.8) is 0 Å². The normalized spacial score (nSPS) is 27.2. The van der Waals surface area contributed by atoms with Gasteiger partial charge in [0.05, 0.1) is 5.60 Å². The quantitative estimate of drug-likeness (QED) is 0.741. The molecule has 2 heterocycles. The Bertz CT molecular complexity index is 360. The lowest BCUT2D eigenvalue weighted by atomic mass is 9.94. The summed E-state index contributed by atoms with van der Waals surface area (Å²) >= 11 is 0. The second-order valence-corrected chi connectivity index (χ2v) is 5.81. The van der Waals surface area contributed by atoms with Crippen LogP contribution in [-0.4, -0.2) is 63.3 Å². The minimum Gasteiger partial charge on any atom is -0.480 e. The molecule has 0 aromatic heterocycles. The van der Waals surface area contributed by atoms with Crippen LogP contribution in [0.2, 0.25) is 0 Å². The number of carbonyl (C=O) groups is 2. The number of aliphatic hydroxyl groups is 1. The molecule has 0 saturated carbocycles. The third-order valence-corrected chi connectivity index (χ3v) is 4.14. The van der Waals surface area contributed by atoms with Gasteiger partial charge in [-0.25, -0.2) is 9.59 Å². The molecule has 2 N–H and O–H groups in total. The topological polar surface area (TPSA) is 81.1 Å². The van der Waals surface area contributed by atoms with E-state index < -0.39 is 17.6 Å². The second-order valence-electron chi connectivity index (χ2n) is 5.81. The summed E-state index contributed by atoms with van der Waals surface area (Å²) in [6, 6.07) is -0.883. The summed E-state index contributed by atoms with van der Waals surface area (Å²) in [5.41, 5.74) is -0.703. The van der Waals surface area contributed by atoms with Crippen molar-refractivity contribution in [3.05, 3.63) is 0 Å². The van der Waals surface area contributed by atoms with E-state index in [1.165, 1.54) is 4.90 Å². The molecule has 0 radical (unpaired) electrons. The third-order valence-electron chi connectivity index (χ3n) is 4.14. The van der Waals surface area contributed by atoms with Gasteiger partial charge in [0.15, 0.2) is 0 Å². The monoisotopic (exact) mass is 270 g/mol. The second kappa shape index (κ2) is 5.36. The first-order chi connectivity index (χ1) is 8.91. The summed E-state index contributed by atoms with van der Waals surface area (Å²) < 4.78 is 0. The first-order valence-electron chi connectivity index (χ1n) is 6.91. The number of likely N-dealkylation sites (tertiary alicyclic amines) is 2. The summed E-state index contributed by atoms with van der Waals surface area (Å²) in [6.45, 7) is 3.28. The minimum atomic E-state index is -0.919. The van der Waals surface area contributed by atoms with Crippen molar-refractivity contribution >= 4 is 12.0 Å². The van der Waals surface area contributed by atoms with Crippen molar-refractivity contribution in [2.75, 3.05) is 19.6 Å². The van der Waals surface area contributed by atoms with E-state index in [0.29, 0.717) is 38.9 Å². The molecule has 19 heavy (non-hydrogen) atoms. The van der Waals surface area contributed by atoms with Gasteiger partial charge in [-0.3, -0.25) is 0 Å². The van der Waals surface area contributed by atoms with E-state index in [-0.39, 0.29) is 6.03 Å². The molecular formula is C13H22N2O4. The van der Waals surface area contributed by atoms with Crippen LogP contribution in [0.3, 0.4) is 0 Å². The van der Waals surface area contributed by atoms with Crippen LogP contribution in [0.25, 0.3) is 0 Å². The maximum absolute atomic E-state index is 12.4. The Morgan fingerprint density at radius 1 is 1.16 bits per heavy atom. The molecule has 0 bridgehead atoms. The van der Waals surface area contributed by atoms with Crippen LogP contribution < -0.4 is 0 Å². The number of carboxylic acids is 1. The van der Waals surface area contributed by atoms with Gasteiger partial charge in [-0.05, 0) is 39.0 Å². The largest absolute Gasteiger partial charge is 0.480 e. The molecule has 2 fully saturated rings. The number of hydrogen-bond donors (Lipinski definition) is 2. The molecule has 108 valence electrons. The van der Waals surface area contributed by atoms with E-state index in [2.05, 4.69) is 0 Å². The summed E-state index contributed by atoms with van der Waals surface area (Å²) in [5, 5.41) is 19.1. The van der Waals surface area contributed by atoms with Gasteiger partial charge in [-0.2, -0.15) is 0 Å². The zero-order valence-electron chi connectivity index (χ0n) is 11.3. The van der Waals surface area contributed by atoms with Crippen LogP contribution in [0.5, 0.6) is 0 Å². The molecule has 0 aromatic carbocycles. The van der Waals surface area contributed by atoms with Crippen LogP contribution in [-0.2, 0) is 4.79 Å². The highest BCUT2D eigenvalue weighted by atomic mass is 16.4. The van der Waals surface area contributed by atoms with E-state index in [1.807, 2.05) is 0 Å². The Labute approximate surface area is 113 Å². The average Bonchev–Trinajstić information content (AvgIpc) is 2.38. The zero-order chi connectivity index (χ0) is 14.0. The van der Waals surface area contributed by atoms with E-state index >= 15 is 0 Å². The molecule has 0 spiro atoms. The number of urea groups is 1. The smallest absolute Gasteiger partial charge is 0.326 e. The van der Waals surface area contributed by atoms with Crippen LogP contribution in [0, 0.1) is 0 Å². The predicted octanol–water partition coefficient (Wildman–Crippen LogP) is 0.892. The summed E-state index contributed by atoms with van der Waals surface area (Å²) in [6.07, 6.45) is 3.35. The van der Waals surface area contributed by atoms with E-state index in [9.17, 15) is 19.8 Å². The third kappa shape index (κ3) is 3.18. The highest BCUT2D eigenvalue weighted by Gasteiger charge is 2.37. The Morgan fingerprint density at radius 2 is 1.79 bits per heavy atom. The van der Waals surface area contributed by atoms with Gasteiger partial charge >= 0.3 is 12.0 Å². The molecular weight excluding hydrogens is 248 g/mol. The number of carbonyl (C=O) groups excluding carboxylic acids is 1. The lowest BCUT2D eigenvalue weighted by Crippen LogP contribution is -2.55. The predicted molar refractivity (Wildman–Crippen MR) is 68.8 cm³/mol. The minimum absolute atomic E-state index is 0.192. The summed E-state index contributed by atoms with van der Waals surface area (Å²) in [7, 11) is 0. The van der Waals surface area contributed by atoms with Crippen LogP contribution in [0.1, 0.15) is 39.0 Å². The Morgan fingerprint density at radius 3 is 2.37 bits per heavy atom.